The van der Waals surface area contributed by atoms with Gasteiger partial charge in [-0.1, -0.05) is 0 Å². The van der Waals surface area contributed by atoms with Gasteiger partial charge in [0.1, 0.15) is 17.2 Å². The van der Waals surface area contributed by atoms with Gasteiger partial charge in [-0.05, 0) is 31.9 Å². The third-order valence-electron chi connectivity index (χ3n) is 3.15. The van der Waals surface area contributed by atoms with Gasteiger partial charge in [-0.2, -0.15) is 0 Å². The number of thioether (sulfide) groups is 1. The van der Waals surface area contributed by atoms with E-state index >= 15 is 0 Å². The Labute approximate surface area is 121 Å². The van der Waals surface area contributed by atoms with Gasteiger partial charge in [-0.3, -0.25) is 10.1 Å². The molecule has 0 bridgehead atoms. The SMILES string of the molecule is COC(=O)C(C)(CSc1ccc(F)cc1F)NC1CC1. The fraction of sp³-hybridized carbons (Fsp3) is 0.500. The molecule has 1 fully saturated rings. The predicted molar refractivity (Wildman–Crippen MR) is 73.7 cm³/mol. The molecule has 0 saturated heterocycles. The molecule has 1 saturated carbocycles. The summed E-state index contributed by atoms with van der Waals surface area (Å²) in [5.41, 5.74) is -0.874. The summed E-state index contributed by atoms with van der Waals surface area (Å²) in [6.07, 6.45) is 2.06. The van der Waals surface area contributed by atoms with Gasteiger partial charge in [0.05, 0.1) is 7.11 Å². The van der Waals surface area contributed by atoms with Crippen LogP contribution in [-0.4, -0.2) is 30.4 Å². The Balaban J connectivity index is 2.05. The molecular weight excluding hydrogens is 284 g/mol. The van der Waals surface area contributed by atoms with Crippen LogP contribution in [0.1, 0.15) is 19.8 Å². The molecule has 1 aliphatic rings. The minimum absolute atomic E-state index is 0.317. The normalized spacial score (nSPS) is 17.6. The maximum Gasteiger partial charge on any atom is 0.326 e. The molecule has 0 amide bonds. The van der Waals surface area contributed by atoms with Crippen molar-refractivity contribution < 1.29 is 18.3 Å². The van der Waals surface area contributed by atoms with E-state index in [-0.39, 0.29) is 5.97 Å². The van der Waals surface area contributed by atoms with Crippen molar-refractivity contribution in [3.8, 4) is 0 Å². The summed E-state index contributed by atoms with van der Waals surface area (Å²) in [5, 5.41) is 3.23. The lowest BCUT2D eigenvalue weighted by atomic mass is 10.1. The molecule has 2 rings (SSSR count). The largest absolute Gasteiger partial charge is 0.468 e. The summed E-state index contributed by atoms with van der Waals surface area (Å²) < 4.78 is 31.2. The summed E-state index contributed by atoms with van der Waals surface area (Å²) in [4.78, 5) is 12.2. The van der Waals surface area contributed by atoms with Crippen LogP contribution in [0.25, 0.3) is 0 Å². The summed E-state index contributed by atoms with van der Waals surface area (Å²) in [6, 6.07) is 3.74. The molecule has 0 spiro atoms. The lowest BCUT2D eigenvalue weighted by Crippen LogP contribution is -2.53. The van der Waals surface area contributed by atoms with Crippen LogP contribution in [0.2, 0.25) is 0 Å². The molecule has 1 aromatic rings. The van der Waals surface area contributed by atoms with E-state index < -0.39 is 17.2 Å². The Bertz CT molecular complexity index is 508. The van der Waals surface area contributed by atoms with Gasteiger partial charge in [0.2, 0.25) is 0 Å². The summed E-state index contributed by atoms with van der Waals surface area (Å²) in [7, 11) is 1.33. The highest BCUT2D eigenvalue weighted by atomic mass is 32.2. The Morgan fingerprint density at radius 1 is 1.50 bits per heavy atom. The molecule has 110 valence electrons. The van der Waals surface area contributed by atoms with Crippen molar-refractivity contribution in [2.75, 3.05) is 12.9 Å². The fourth-order valence-corrected chi connectivity index (χ4v) is 2.88. The number of esters is 1. The second kappa shape index (κ2) is 6.10. The van der Waals surface area contributed by atoms with Crippen molar-refractivity contribution >= 4 is 17.7 Å². The maximum absolute atomic E-state index is 13.6. The number of hydrogen-bond acceptors (Lipinski definition) is 4. The van der Waals surface area contributed by atoms with E-state index in [4.69, 9.17) is 4.74 Å². The summed E-state index contributed by atoms with van der Waals surface area (Å²) in [5.74, 6) is -1.29. The minimum Gasteiger partial charge on any atom is -0.468 e. The molecule has 0 heterocycles. The van der Waals surface area contributed by atoms with Crippen LogP contribution in [0.15, 0.2) is 23.1 Å². The first kappa shape index (κ1) is 15.3. The van der Waals surface area contributed by atoms with E-state index in [9.17, 15) is 13.6 Å². The molecule has 1 atom stereocenters. The van der Waals surface area contributed by atoms with Crippen molar-refractivity contribution in [1.29, 1.82) is 0 Å². The van der Waals surface area contributed by atoms with E-state index in [2.05, 4.69) is 5.32 Å². The Hall–Kier alpha value is -1.14. The van der Waals surface area contributed by atoms with Gasteiger partial charge in [0.15, 0.2) is 0 Å². The monoisotopic (exact) mass is 301 g/mol. The zero-order valence-electron chi connectivity index (χ0n) is 11.4. The molecule has 1 N–H and O–H groups in total. The van der Waals surface area contributed by atoms with Gasteiger partial charge in [0.25, 0.3) is 0 Å². The van der Waals surface area contributed by atoms with Gasteiger partial charge in [-0.25, -0.2) is 8.78 Å². The third-order valence-corrected chi connectivity index (χ3v) is 4.51. The number of carbonyl (C=O) groups is 1. The van der Waals surface area contributed by atoms with Crippen LogP contribution in [0.5, 0.6) is 0 Å². The molecule has 6 heteroatoms. The smallest absolute Gasteiger partial charge is 0.326 e. The number of nitrogens with one attached hydrogen (secondary N) is 1. The number of ether oxygens (including phenoxy) is 1. The third kappa shape index (κ3) is 3.70. The number of rotatable bonds is 6. The Morgan fingerprint density at radius 3 is 2.75 bits per heavy atom. The molecule has 0 aromatic heterocycles. The summed E-state index contributed by atoms with van der Waals surface area (Å²) in [6.45, 7) is 1.74. The molecular formula is C14H17F2NO2S. The first-order valence-corrected chi connectivity index (χ1v) is 7.37. The minimum atomic E-state index is -0.874. The number of benzene rings is 1. The molecule has 0 radical (unpaired) electrons. The fourth-order valence-electron chi connectivity index (χ4n) is 1.88. The number of carbonyl (C=O) groups excluding carboxylic acids is 1. The van der Waals surface area contributed by atoms with E-state index in [1.807, 2.05) is 0 Å². The zero-order valence-corrected chi connectivity index (χ0v) is 12.2. The topological polar surface area (TPSA) is 38.3 Å². The van der Waals surface area contributed by atoms with Crippen molar-refractivity contribution in [1.82, 2.24) is 5.32 Å². The molecule has 1 unspecified atom stereocenters. The van der Waals surface area contributed by atoms with Crippen LogP contribution < -0.4 is 5.32 Å². The Kier molecular flexibility index (Phi) is 4.65. The molecule has 0 aliphatic heterocycles. The van der Waals surface area contributed by atoms with Gasteiger partial charge >= 0.3 is 5.97 Å². The standard InChI is InChI=1S/C14H17F2NO2S/c1-14(13(18)19-2,17-10-4-5-10)8-20-12-6-3-9(15)7-11(12)16/h3,6-7,10,17H,4-5,8H2,1-2H3. The van der Waals surface area contributed by atoms with Gasteiger partial charge < -0.3 is 4.74 Å². The van der Waals surface area contributed by atoms with Crippen LogP contribution in [0.3, 0.4) is 0 Å². The highest BCUT2D eigenvalue weighted by molar-refractivity contribution is 7.99. The molecule has 1 aliphatic carbocycles. The second-order valence-electron chi connectivity index (χ2n) is 5.11. The lowest BCUT2D eigenvalue weighted by molar-refractivity contribution is -0.147. The van der Waals surface area contributed by atoms with Crippen molar-refractivity contribution in [2.45, 2.75) is 36.2 Å². The van der Waals surface area contributed by atoms with Crippen LogP contribution in [-0.2, 0) is 9.53 Å². The quantitative estimate of drug-likeness (QED) is 0.648. The van der Waals surface area contributed by atoms with Crippen molar-refractivity contribution in [3.05, 3.63) is 29.8 Å². The molecule has 20 heavy (non-hydrogen) atoms. The van der Waals surface area contributed by atoms with Crippen LogP contribution in [0, 0.1) is 11.6 Å². The van der Waals surface area contributed by atoms with Gasteiger partial charge in [0, 0.05) is 22.8 Å². The van der Waals surface area contributed by atoms with Crippen molar-refractivity contribution in [2.24, 2.45) is 0 Å². The van der Waals surface area contributed by atoms with Gasteiger partial charge in [-0.15, -0.1) is 11.8 Å². The number of halogens is 2. The van der Waals surface area contributed by atoms with Crippen LogP contribution in [0.4, 0.5) is 8.78 Å². The Morgan fingerprint density at radius 2 is 2.20 bits per heavy atom. The highest BCUT2D eigenvalue weighted by Crippen LogP contribution is 2.29. The summed E-state index contributed by atoms with van der Waals surface area (Å²) >= 11 is 1.17. The maximum atomic E-state index is 13.6. The second-order valence-corrected chi connectivity index (χ2v) is 6.12. The average molecular weight is 301 g/mol. The van der Waals surface area contributed by atoms with E-state index in [0.29, 0.717) is 16.7 Å². The number of methoxy groups -OCH3 is 1. The van der Waals surface area contributed by atoms with E-state index in [1.165, 1.54) is 31.0 Å². The first-order valence-electron chi connectivity index (χ1n) is 6.38. The lowest BCUT2D eigenvalue weighted by Gasteiger charge is -2.27. The molecule has 1 aromatic carbocycles. The van der Waals surface area contributed by atoms with E-state index in [1.54, 1.807) is 6.92 Å². The van der Waals surface area contributed by atoms with E-state index in [0.717, 1.165) is 18.9 Å². The predicted octanol–water partition coefficient (Wildman–Crippen LogP) is 2.74. The highest BCUT2D eigenvalue weighted by Gasteiger charge is 2.39. The van der Waals surface area contributed by atoms with Crippen molar-refractivity contribution in [3.63, 3.8) is 0 Å². The number of hydrogen-bond donors (Lipinski definition) is 1. The zero-order chi connectivity index (χ0) is 14.8. The van der Waals surface area contributed by atoms with Crippen LogP contribution >= 0.6 is 11.8 Å². The first-order chi connectivity index (χ1) is 9.44. The molecule has 3 nitrogen and oxygen atoms in total. The average Bonchev–Trinajstić information content (AvgIpc) is 3.20.